The summed E-state index contributed by atoms with van der Waals surface area (Å²) in [6.07, 6.45) is 0. The molecule has 0 radical (unpaired) electrons. The smallest absolute Gasteiger partial charge is 0.191 e. The van der Waals surface area contributed by atoms with Gasteiger partial charge in [0.2, 0.25) is 0 Å². The zero-order valence-electron chi connectivity index (χ0n) is 13.2. The second-order valence-electron chi connectivity index (χ2n) is 6.18. The normalized spacial score (nSPS) is 11.7. The zero-order chi connectivity index (χ0) is 15.6. The fourth-order valence-corrected chi connectivity index (χ4v) is 2.69. The van der Waals surface area contributed by atoms with Crippen molar-refractivity contribution in [3.63, 3.8) is 0 Å². The van der Waals surface area contributed by atoms with Crippen LogP contribution in [-0.4, -0.2) is 26.3 Å². The molecule has 0 N–H and O–H groups in total. The average molecular weight is 303 g/mol. The van der Waals surface area contributed by atoms with Gasteiger partial charge in [-0.2, -0.15) is 0 Å². The first-order valence-electron chi connectivity index (χ1n) is 6.91. The van der Waals surface area contributed by atoms with Crippen molar-refractivity contribution in [1.82, 2.24) is 14.8 Å². The Morgan fingerprint density at radius 1 is 1.19 bits per heavy atom. The van der Waals surface area contributed by atoms with Gasteiger partial charge in [0, 0.05) is 12.6 Å². The molecule has 1 aromatic carbocycles. The maximum Gasteiger partial charge on any atom is 0.191 e. The molecule has 0 atom stereocenters. The van der Waals surface area contributed by atoms with E-state index in [-0.39, 0.29) is 11.2 Å². The fraction of sp³-hybridized carbons (Fsp3) is 0.438. The summed E-state index contributed by atoms with van der Waals surface area (Å²) in [5, 5.41) is 9.16. The second kappa shape index (κ2) is 6.02. The summed E-state index contributed by atoms with van der Waals surface area (Å²) >= 11 is 1.42. The predicted molar refractivity (Wildman–Crippen MR) is 86.5 cm³/mol. The van der Waals surface area contributed by atoms with Crippen LogP contribution < -0.4 is 0 Å². The van der Waals surface area contributed by atoms with E-state index >= 15 is 0 Å². The van der Waals surface area contributed by atoms with Gasteiger partial charge < -0.3 is 4.57 Å². The third-order valence-electron chi connectivity index (χ3n) is 3.25. The van der Waals surface area contributed by atoms with Crippen molar-refractivity contribution < 1.29 is 4.79 Å². The van der Waals surface area contributed by atoms with E-state index in [1.54, 1.807) is 6.92 Å². The maximum absolute atomic E-state index is 11.1. The van der Waals surface area contributed by atoms with E-state index in [2.05, 4.69) is 55.2 Å². The van der Waals surface area contributed by atoms with Crippen molar-refractivity contribution in [1.29, 1.82) is 0 Å². The summed E-state index contributed by atoms with van der Waals surface area (Å²) in [6, 6.07) is 8.41. The number of ketones is 1. The molecule has 1 aromatic heterocycles. The summed E-state index contributed by atoms with van der Waals surface area (Å²) in [6.45, 7) is 8.16. The quantitative estimate of drug-likeness (QED) is 0.812. The van der Waals surface area contributed by atoms with Gasteiger partial charge in [-0.3, -0.25) is 4.79 Å². The van der Waals surface area contributed by atoms with E-state index < -0.39 is 0 Å². The molecule has 21 heavy (non-hydrogen) atoms. The van der Waals surface area contributed by atoms with Crippen molar-refractivity contribution in [3.05, 3.63) is 29.8 Å². The molecule has 0 aliphatic rings. The van der Waals surface area contributed by atoms with Crippen LogP contribution in [0.3, 0.4) is 0 Å². The van der Waals surface area contributed by atoms with E-state index in [1.807, 2.05) is 11.6 Å². The number of carbonyl (C=O) groups excluding carboxylic acids is 1. The lowest BCUT2D eigenvalue weighted by Crippen LogP contribution is -2.10. The third-order valence-corrected chi connectivity index (χ3v) is 4.41. The number of nitrogens with zero attached hydrogens (tertiary/aromatic N) is 3. The van der Waals surface area contributed by atoms with Crippen LogP contribution in [0.15, 0.2) is 29.4 Å². The van der Waals surface area contributed by atoms with E-state index in [1.165, 1.54) is 17.3 Å². The van der Waals surface area contributed by atoms with Gasteiger partial charge in [-0.05, 0) is 17.9 Å². The summed E-state index contributed by atoms with van der Waals surface area (Å²) < 4.78 is 1.93. The molecule has 0 aliphatic carbocycles. The Morgan fingerprint density at radius 3 is 2.33 bits per heavy atom. The maximum atomic E-state index is 11.1. The number of carbonyl (C=O) groups is 1. The van der Waals surface area contributed by atoms with Gasteiger partial charge in [0.25, 0.3) is 0 Å². The Hall–Kier alpha value is -1.62. The Kier molecular flexibility index (Phi) is 4.52. The first-order chi connectivity index (χ1) is 9.79. The first-order valence-corrected chi connectivity index (χ1v) is 7.90. The predicted octanol–water partition coefficient (Wildman–Crippen LogP) is 3.46. The van der Waals surface area contributed by atoms with Crippen molar-refractivity contribution in [3.8, 4) is 11.4 Å². The second-order valence-corrected chi connectivity index (χ2v) is 7.13. The minimum atomic E-state index is 0.138. The lowest BCUT2D eigenvalue weighted by atomic mass is 9.87. The highest BCUT2D eigenvalue weighted by Crippen LogP contribution is 2.26. The van der Waals surface area contributed by atoms with Gasteiger partial charge in [0.05, 0.1) is 5.75 Å². The molecule has 112 valence electrons. The molecule has 0 saturated carbocycles. The fourth-order valence-electron chi connectivity index (χ4n) is 1.98. The van der Waals surface area contributed by atoms with Crippen molar-refractivity contribution in [2.24, 2.45) is 7.05 Å². The molecule has 4 nitrogen and oxygen atoms in total. The highest BCUT2D eigenvalue weighted by Gasteiger charge is 2.15. The SMILES string of the molecule is CC(=O)CSc1nnc(-c2ccc(C(C)(C)C)cc2)n1C. The van der Waals surface area contributed by atoms with E-state index in [0.29, 0.717) is 5.75 Å². The van der Waals surface area contributed by atoms with E-state index in [0.717, 1.165) is 16.5 Å². The highest BCUT2D eigenvalue weighted by atomic mass is 32.2. The third kappa shape index (κ3) is 3.73. The molecule has 0 unspecified atom stereocenters. The molecule has 5 heteroatoms. The van der Waals surface area contributed by atoms with Gasteiger partial charge in [0.15, 0.2) is 11.0 Å². The minimum absolute atomic E-state index is 0.138. The molecule has 0 bridgehead atoms. The Bertz CT molecular complexity index is 639. The Morgan fingerprint density at radius 2 is 1.81 bits per heavy atom. The average Bonchev–Trinajstić information content (AvgIpc) is 2.77. The van der Waals surface area contributed by atoms with Crippen LogP contribution in [0.5, 0.6) is 0 Å². The van der Waals surface area contributed by atoms with Crippen LogP contribution in [0, 0.1) is 0 Å². The van der Waals surface area contributed by atoms with Crippen LogP contribution in [0.25, 0.3) is 11.4 Å². The molecule has 0 saturated heterocycles. The van der Waals surface area contributed by atoms with Gasteiger partial charge in [-0.15, -0.1) is 10.2 Å². The van der Waals surface area contributed by atoms with Crippen LogP contribution in [0.4, 0.5) is 0 Å². The Labute approximate surface area is 130 Å². The number of rotatable bonds is 4. The van der Waals surface area contributed by atoms with Crippen LogP contribution in [-0.2, 0) is 17.3 Å². The topological polar surface area (TPSA) is 47.8 Å². The monoisotopic (exact) mass is 303 g/mol. The van der Waals surface area contributed by atoms with Gasteiger partial charge >= 0.3 is 0 Å². The number of aromatic nitrogens is 3. The molecule has 0 spiro atoms. The summed E-state index contributed by atoms with van der Waals surface area (Å²) in [5.41, 5.74) is 2.47. The lowest BCUT2D eigenvalue weighted by molar-refractivity contribution is -0.114. The molecule has 0 fully saturated rings. The summed E-state index contributed by atoms with van der Waals surface area (Å²) in [7, 11) is 1.93. The number of hydrogen-bond acceptors (Lipinski definition) is 4. The number of benzene rings is 1. The highest BCUT2D eigenvalue weighted by molar-refractivity contribution is 7.99. The standard InChI is InChI=1S/C16H21N3OS/c1-11(20)10-21-15-18-17-14(19(15)5)12-6-8-13(9-7-12)16(2,3)4/h6-9H,10H2,1-5H3. The Balaban J connectivity index is 2.24. The molecule has 0 aliphatic heterocycles. The number of hydrogen-bond donors (Lipinski definition) is 0. The van der Waals surface area contributed by atoms with Crippen molar-refractivity contribution in [2.45, 2.75) is 38.3 Å². The molecule has 1 heterocycles. The molecule has 0 amide bonds. The number of Topliss-reactive ketones (excluding diaryl/α,β-unsaturated/α-hetero) is 1. The van der Waals surface area contributed by atoms with Gasteiger partial charge in [0.1, 0.15) is 5.78 Å². The first kappa shape index (κ1) is 15.8. The lowest BCUT2D eigenvalue weighted by Gasteiger charge is -2.19. The molecular weight excluding hydrogens is 282 g/mol. The van der Waals surface area contributed by atoms with E-state index in [9.17, 15) is 4.79 Å². The van der Waals surface area contributed by atoms with Gasteiger partial charge in [-0.25, -0.2) is 0 Å². The van der Waals surface area contributed by atoms with Crippen molar-refractivity contribution in [2.75, 3.05) is 5.75 Å². The van der Waals surface area contributed by atoms with E-state index in [4.69, 9.17) is 0 Å². The minimum Gasteiger partial charge on any atom is -0.305 e. The molecule has 2 aromatic rings. The summed E-state index contributed by atoms with van der Waals surface area (Å²) in [5.74, 6) is 1.38. The molecular formula is C16H21N3OS. The largest absolute Gasteiger partial charge is 0.305 e. The van der Waals surface area contributed by atoms with Crippen LogP contribution in [0.1, 0.15) is 33.3 Å². The van der Waals surface area contributed by atoms with Crippen LogP contribution >= 0.6 is 11.8 Å². The van der Waals surface area contributed by atoms with Gasteiger partial charge in [-0.1, -0.05) is 56.8 Å². The summed E-state index contributed by atoms with van der Waals surface area (Å²) in [4.78, 5) is 11.1. The zero-order valence-corrected chi connectivity index (χ0v) is 14.0. The van der Waals surface area contributed by atoms with Crippen molar-refractivity contribution >= 4 is 17.5 Å². The molecule has 2 rings (SSSR count). The number of thioether (sulfide) groups is 1. The van der Waals surface area contributed by atoms with Crippen LogP contribution in [0.2, 0.25) is 0 Å².